The number of carbonyl (C=O) groups excluding carboxylic acids is 1. The second kappa shape index (κ2) is 5.75. The second-order valence-electron chi connectivity index (χ2n) is 4.70. The minimum absolute atomic E-state index is 0.0141. The predicted molar refractivity (Wildman–Crippen MR) is 79.5 cm³/mol. The molecule has 0 unspecified atom stereocenters. The highest BCUT2D eigenvalue weighted by molar-refractivity contribution is 6.30. The number of rotatable bonds is 3. The Balaban J connectivity index is 2.16. The predicted octanol–water partition coefficient (Wildman–Crippen LogP) is 3.00. The molecule has 0 saturated heterocycles. The molecule has 0 aliphatic rings. The molecule has 0 fully saturated rings. The summed E-state index contributed by atoms with van der Waals surface area (Å²) < 4.78 is 15.7. The number of pyridine rings is 1. The number of hydrogen-bond acceptors (Lipinski definition) is 3. The van der Waals surface area contributed by atoms with Crippen LogP contribution in [-0.4, -0.2) is 20.7 Å². The number of aromatic nitrogens is 2. The molecule has 0 saturated carbocycles. The summed E-state index contributed by atoms with van der Waals surface area (Å²) in [6, 6.07) is 8.01. The zero-order valence-electron chi connectivity index (χ0n) is 11.3. The minimum Gasteiger partial charge on any atom is -0.331 e. The lowest BCUT2D eigenvalue weighted by Crippen LogP contribution is -2.22. The molecule has 0 aliphatic carbocycles. The van der Waals surface area contributed by atoms with Crippen molar-refractivity contribution >= 4 is 28.4 Å². The quantitative estimate of drug-likeness (QED) is 0.576. The Bertz CT molecular complexity index is 863. The van der Waals surface area contributed by atoms with E-state index in [1.807, 2.05) is 0 Å². The van der Waals surface area contributed by atoms with Gasteiger partial charge in [0.05, 0.1) is 23.3 Å². The summed E-state index contributed by atoms with van der Waals surface area (Å²) in [6.45, 7) is 0.0876. The summed E-state index contributed by atoms with van der Waals surface area (Å²) in [5.41, 5.74) is 2.78. The van der Waals surface area contributed by atoms with Gasteiger partial charge in [-0.1, -0.05) is 23.7 Å². The van der Waals surface area contributed by atoms with Crippen molar-refractivity contribution in [2.75, 3.05) is 0 Å². The third-order valence-electron chi connectivity index (χ3n) is 3.40. The first-order valence-corrected chi connectivity index (χ1v) is 6.80. The van der Waals surface area contributed by atoms with Gasteiger partial charge in [0.25, 0.3) is 5.91 Å². The Hall–Kier alpha value is -2.44. The molecule has 5 nitrogen and oxygen atoms in total. The van der Waals surface area contributed by atoms with Crippen molar-refractivity contribution < 1.29 is 14.4 Å². The summed E-state index contributed by atoms with van der Waals surface area (Å²) >= 11 is 5.79. The van der Waals surface area contributed by atoms with Gasteiger partial charge in [-0.3, -0.25) is 15.0 Å². The smallest absolute Gasteiger partial charge is 0.291 e. The molecule has 3 aromatic rings. The van der Waals surface area contributed by atoms with Crippen LogP contribution in [0.4, 0.5) is 4.39 Å². The number of carbonyl (C=O) groups is 1. The third-order valence-corrected chi connectivity index (χ3v) is 3.69. The van der Waals surface area contributed by atoms with E-state index in [9.17, 15) is 9.18 Å². The van der Waals surface area contributed by atoms with Gasteiger partial charge in [0.15, 0.2) is 0 Å². The van der Waals surface area contributed by atoms with Gasteiger partial charge in [0, 0.05) is 17.1 Å². The fourth-order valence-corrected chi connectivity index (χ4v) is 2.55. The van der Waals surface area contributed by atoms with Gasteiger partial charge in [-0.2, -0.15) is 0 Å². The molecular weight excluding hydrogens is 309 g/mol. The van der Waals surface area contributed by atoms with Crippen molar-refractivity contribution in [2.45, 2.75) is 6.54 Å². The van der Waals surface area contributed by atoms with E-state index in [0.29, 0.717) is 11.1 Å². The fraction of sp³-hybridized carbons (Fsp3) is 0.0667. The van der Waals surface area contributed by atoms with E-state index < -0.39 is 11.7 Å². The summed E-state index contributed by atoms with van der Waals surface area (Å²) in [7, 11) is 0. The van der Waals surface area contributed by atoms with E-state index in [1.165, 1.54) is 6.07 Å². The summed E-state index contributed by atoms with van der Waals surface area (Å²) in [4.78, 5) is 15.8. The molecule has 2 aromatic heterocycles. The average Bonchev–Trinajstić information content (AvgIpc) is 2.90. The monoisotopic (exact) mass is 319 g/mol. The van der Waals surface area contributed by atoms with Crippen LogP contribution >= 0.6 is 11.6 Å². The van der Waals surface area contributed by atoms with Crippen LogP contribution in [0.2, 0.25) is 5.02 Å². The van der Waals surface area contributed by atoms with Gasteiger partial charge in [-0.05, 0) is 18.2 Å². The van der Waals surface area contributed by atoms with Gasteiger partial charge < -0.3 is 4.57 Å². The van der Waals surface area contributed by atoms with E-state index in [1.54, 1.807) is 46.7 Å². The Morgan fingerprint density at radius 3 is 3.00 bits per heavy atom. The van der Waals surface area contributed by atoms with Gasteiger partial charge >= 0.3 is 0 Å². The number of nitrogens with one attached hydrogen (secondary N) is 1. The van der Waals surface area contributed by atoms with Crippen molar-refractivity contribution in [1.82, 2.24) is 15.0 Å². The number of hydrogen-bond donors (Lipinski definition) is 2. The van der Waals surface area contributed by atoms with Crippen LogP contribution in [0.5, 0.6) is 0 Å². The van der Waals surface area contributed by atoms with E-state index in [2.05, 4.69) is 4.98 Å². The highest BCUT2D eigenvalue weighted by atomic mass is 35.5. The molecule has 3 rings (SSSR count). The van der Waals surface area contributed by atoms with Gasteiger partial charge in [0.2, 0.25) is 0 Å². The standard InChI is InChI=1S/C15H11ClFN3O2/c16-11-3-1-2-10(14(11)17)8-20-12(15(21)19-22)6-9-4-5-18-7-13(9)20/h1-7,22H,8H2,(H,19,21). The topological polar surface area (TPSA) is 67.2 Å². The molecule has 0 atom stereocenters. The van der Waals surface area contributed by atoms with Crippen molar-refractivity contribution in [3.63, 3.8) is 0 Å². The first kappa shape index (κ1) is 14.5. The lowest BCUT2D eigenvalue weighted by Gasteiger charge is -2.11. The number of nitrogens with zero attached hydrogens (tertiary/aromatic N) is 2. The Kier molecular flexibility index (Phi) is 3.79. The van der Waals surface area contributed by atoms with Gasteiger partial charge in [-0.25, -0.2) is 9.87 Å². The zero-order chi connectivity index (χ0) is 15.7. The van der Waals surface area contributed by atoms with Crippen molar-refractivity contribution in [3.05, 3.63) is 64.8 Å². The SMILES string of the molecule is O=C(NO)c1cc2ccncc2n1Cc1cccc(Cl)c1F. The van der Waals surface area contributed by atoms with Crippen LogP contribution < -0.4 is 5.48 Å². The van der Waals surface area contributed by atoms with Crippen LogP contribution in [-0.2, 0) is 6.54 Å². The molecule has 7 heteroatoms. The second-order valence-corrected chi connectivity index (χ2v) is 5.11. The molecule has 0 aliphatic heterocycles. The van der Waals surface area contributed by atoms with Crippen molar-refractivity contribution in [2.24, 2.45) is 0 Å². The Morgan fingerprint density at radius 1 is 1.41 bits per heavy atom. The van der Waals surface area contributed by atoms with E-state index in [-0.39, 0.29) is 17.3 Å². The highest BCUT2D eigenvalue weighted by Crippen LogP contribution is 2.23. The fourth-order valence-electron chi connectivity index (χ4n) is 2.36. The Labute approximate surface area is 129 Å². The summed E-state index contributed by atoms with van der Waals surface area (Å²) in [6.07, 6.45) is 3.17. The van der Waals surface area contributed by atoms with Crippen molar-refractivity contribution in [3.8, 4) is 0 Å². The van der Waals surface area contributed by atoms with Crippen LogP contribution in [0, 0.1) is 5.82 Å². The maximum Gasteiger partial charge on any atom is 0.291 e. The van der Waals surface area contributed by atoms with E-state index in [0.717, 1.165) is 5.39 Å². The molecule has 112 valence electrons. The largest absolute Gasteiger partial charge is 0.331 e. The third kappa shape index (κ3) is 2.43. The maximum atomic E-state index is 14.1. The van der Waals surface area contributed by atoms with Crippen LogP contribution in [0.15, 0.2) is 42.7 Å². The molecule has 1 aromatic carbocycles. The molecule has 0 bridgehead atoms. The molecule has 0 spiro atoms. The van der Waals surface area contributed by atoms with E-state index >= 15 is 0 Å². The molecule has 1 amide bonds. The molecular formula is C15H11ClFN3O2. The molecule has 2 heterocycles. The molecule has 2 N–H and O–H groups in total. The highest BCUT2D eigenvalue weighted by Gasteiger charge is 2.17. The Morgan fingerprint density at radius 2 is 2.23 bits per heavy atom. The zero-order valence-corrected chi connectivity index (χ0v) is 12.0. The number of amides is 1. The lowest BCUT2D eigenvalue weighted by molar-refractivity contribution is 0.0697. The van der Waals surface area contributed by atoms with E-state index in [4.69, 9.17) is 16.8 Å². The van der Waals surface area contributed by atoms with Crippen LogP contribution in [0.1, 0.15) is 16.1 Å². The summed E-state index contributed by atoms with van der Waals surface area (Å²) in [5.74, 6) is -1.22. The van der Waals surface area contributed by atoms with Crippen molar-refractivity contribution in [1.29, 1.82) is 0 Å². The number of fused-ring (bicyclic) bond motifs is 1. The number of hydroxylamine groups is 1. The van der Waals surface area contributed by atoms with Crippen LogP contribution in [0.3, 0.4) is 0 Å². The summed E-state index contributed by atoms with van der Waals surface area (Å²) in [5, 5.41) is 9.65. The van der Waals surface area contributed by atoms with Crippen LogP contribution in [0.25, 0.3) is 10.9 Å². The molecule has 22 heavy (non-hydrogen) atoms. The minimum atomic E-state index is -0.682. The lowest BCUT2D eigenvalue weighted by atomic mass is 10.2. The maximum absolute atomic E-state index is 14.1. The van der Waals surface area contributed by atoms with Gasteiger partial charge in [0.1, 0.15) is 11.5 Å². The average molecular weight is 320 g/mol. The first-order chi connectivity index (χ1) is 10.6. The number of halogens is 2. The normalized spacial score (nSPS) is 10.9. The van der Waals surface area contributed by atoms with Gasteiger partial charge in [-0.15, -0.1) is 0 Å². The first-order valence-electron chi connectivity index (χ1n) is 6.42. The molecule has 0 radical (unpaired) electrons. The number of benzene rings is 1.